The average Bonchev–Trinajstić information content (AvgIpc) is 3.31. The molecule has 1 aromatic heterocycles. The van der Waals surface area contributed by atoms with Gasteiger partial charge < -0.3 is 15.4 Å². The van der Waals surface area contributed by atoms with Gasteiger partial charge in [-0.1, -0.05) is 47.1 Å². The largest absolute Gasteiger partial charge is 0.497 e. The summed E-state index contributed by atoms with van der Waals surface area (Å²) < 4.78 is 6.98. The van der Waals surface area contributed by atoms with E-state index in [4.69, 9.17) is 16.3 Å². The highest BCUT2D eigenvalue weighted by Gasteiger charge is 2.19. The van der Waals surface area contributed by atoms with Gasteiger partial charge >= 0.3 is 0 Å². The van der Waals surface area contributed by atoms with Crippen molar-refractivity contribution in [3.05, 3.63) is 93.8 Å². The van der Waals surface area contributed by atoms with Crippen molar-refractivity contribution in [3.8, 4) is 11.4 Å². The van der Waals surface area contributed by atoms with E-state index in [-0.39, 0.29) is 24.1 Å². The Kier molecular flexibility index (Phi) is 8.70. The van der Waals surface area contributed by atoms with Gasteiger partial charge in [0.15, 0.2) is 11.0 Å². The van der Waals surface area contributed by atoms with E-state index in [1.54, 1.807) is 37.4 Å². The number of benzene rings is 3. The molecule has 0 bridgehead atoms. The number of aromatic nitrogens is 3. The number of thioether (sulfide) groups is 1. The van der Waals surface area contributed by atoms with Gasteiger partial charge in [-0.2, -0.15) is 0 Å². The second kappa shape index (κ2) is 12.1. The summed E-state index contributed by atoms with van der Waals surface area (Å²) in [5.41, 5.74) is 5.00. The van der Waals surface area contributed by atoms with Crippen molar-refractivity contribution in [1.82, 2.24) is 20.1 Å². The maximum atomic E-state index is 12.7. The van der Waals surface area contributed by atoms with Crippen LogP contribution in [0.5, 0.6) is 5.75 Å². The maximum Gasteiger partial charge on any atom is 0.251 e. The van der Waals surface area contributed by atoms with E-state index in [9.17, 15) is 9.59 Å². The second-order valence-corrected chi connectivity index (χ2v) is 10.0. The predicted octanol–water partition coefficient (Wildman–Crippen LogP) is 5.52. The molecule has 0 fully saturated rings. The third kappa shape index (κ3) is 6.35. The highest BCUT2D eigenvalue weighted by atomic mass is 35.5. The molecular weight excluding hydrogens is 522 g/mol. The number of hydrogen-bond acceptors (Lipinski definition) is 6. The van der Waals surface area contributed by atoms with E-state index in [0.717, 1.165) is 28.1 Å². The van der Waals surface area contributed by atoms with Gasteiger partial charge in [-0.05, 0) is 74.4 Å². The zero-order chi connectivity index (χ0) is 27.2. The molecule has 0 spiro atoms. The number of nitrogens with zero attached hydrogens (tertiary/aromatic N) is 3. The quantitative estimate of drug-likeness (QED) is 0.267. The van der Waals surface area contributed by atoms with Crippen molar-refractivity contribution in [2.75, 3.05) is 18.2 Å². The lowest BCUT2D eigenvalue weighted by Crippen LogP contribution is -2.24. The Morgan fingerprint density at radius 1 is 1.03 bits per heavy atom. The first-order chi connectivity index (χ1) is 18.3. The zero-order valence-corrected chi connectivity index (χ0v) is 23.1. The number of rotatable bonds is 9. The highest BCUT2D eigenvalue weighted by molar-refractivity contribution is 7.99. The van der Waals surface area contributed by atoms with Crippen molar-refractivity contribution in [2.45, 2.75) is 32.5 Å². The summed E-state index contributed by atoms with van der Waals surface area (Å²) in [6, 6.07) is 18.3. The Labute approximate surface area is 230 Å². The summed E-state index contributed by atoms with van der Waals surface area (Å²) in [5.74, 6) is 0.889. The van der Waals surface area contributed by atoms with Crippen LogP contribution in [0, 0.1) is 20.8 Å². The Morgan fingerprint density at radius 2 is 1.79 bits per heavy atom. The Bertz CT molecular complexity index is 1470. The molecule has 0 atom stereocenters. The SMILES string of the molecule is COc1ccc(C(=O)NCc2nnc(SCC(=O)Nc3ccc(C)cc3C)n2-c2cccc(Cl)c2C)cc1. The lowest BCUT2D eigenvalue weighted by atomic mass is 10.1. The lowest BCUT2D eigenvalue weighted by Gasteiger charge is -2.14. The van der Waals surface area contributed by atoms with Crippen LogP contribution in [0.25, 0.3) is 5.69 Å². The van der Waals surface area contributed by atoms with E-state index in [1.807, 2.05) is 55.7 Å². The van der Waals surface area contributed by atoms with Crippen molar-refractivity contribution in [1.29, 1.82) is 0 Å². The fraction of sp³-hybridized carbons (Fsp3) is 0.214. The summed E-state index contributed by atoms with van der Waals surface area (Å²) >= 11 is 7.66. The Balaban J connectivity index is 1.53. The molecule has 2 amide bonds. The minimum Gasteiger partial charge on any atom is -0.497 e. The molecule has 2 N–H and O–H groups in total. The number of aryl methyl sites for hydroxylation is 2. The number of ether oxygens (including phenoxy) is 1. The molecule has 8 nitrogen and oxygen atoms in total. The van der Waals surface area contributed by atoms with Crippen LogP contribution in [0.4, 0.5) is 5.69 Å². The smallest absolute Gasteiger partial charge is 0.251 e. The fourth-order valence-corrected chi connectivity index (χ4v) is 4.80. The predicted molar refractivity (Wildman–Crippen MR) is 151 cm³/mol. The second-order valence-electron chi connectivity index (χ2n) is 8.68. The van der Waals surface area contributed by atoms with E-state index in [0.29, 0.717) is 27.3 Å². The van der Waals surface area contributed by atoms with Crippen LogP contribution >= 0.6 is 23.4 Å². The van der Waals surface area contributed by atoms with Gasteiger partial charge in [0.05, 0.1) is 25.1 Å². The monoisotopic (exact) mass is 549 g/mol. The third-order valence-corrected chi connectivity index (χ3v) is 7.27. The van der Waals surface area contributed by atoms with Crippen LogP contribution in [-0.4, -0.2) is 39.4 Å². The van der Waals surface area contributed by atoms with E-state index in [1.165, 1.54) is 11.8 Å². The van der Waals surface area contributed by atoms with Gasteiger partial charge in [-0.15, -0.1) is 10.2 Å². The van der Waals surface area contributed by atoms with Crippen LogP contribution in [0.3, 0.4) is 0 Å². The number of halogens is 1. The molecule has 1 heterocycles. The van der Waals surface area contributed by atoms with Crippen molar-refractivity contribution >= 4 is 40.9 Å². The summed E-state index contributed by atoms with van der Waals surface area (Å²) in [5, 5.41) is 15.6. The van der Waals surface area contributed by atoms with E-state index < -0.39 is 0 Å². The molecule has 0 unspecified atom stereocenters. The number of anilines is 1. The molecule has 3 aromatic carbocycles. The number of hydrogen-bond donors (Lipinski definition) is 2. The van der Waals surface area contributed by atoms with Crippen LogP contribution in [0.1, 0.15) is 32.9 Å². The molecular formula is C28H28ClN5O3S. The number of carbonyl (C=O) groups is 2. The molecule has 0 aliphatic carbocycles. The van der Waals surface area contributed by atoms with Gasteiger partial charge in [-0.25, -0.2) is 0 Å². The first-order valence-electron chi connectivity index (χ1n) is 11.9. The molecule has 0 aliphatic heterocycles. The average molecular weight is 550 g/mol. The number of amides is 2. The van der Waals surface area contributed by atoms with Crippen molar-refractivity contribution in [3.63, 3.8) is 0 Å². The van der Waals surface area contributed by atoms with Gasteiger partial charge in [0.25, 0.3) is 5.91 Å². The van der Waals surface area contributed by atoms with Crippen LogP contribution in [0.15, 0.2) is 65.8 Å². The van der Waals surface area contributed by atoms with Crippen LogP contribution in [-0.2, 0) is 11.3 Å². The summed E-state index contributed by atoms with van der Waals surface area (Å²) in [6.45, 7) is 5.99. The van der Waals surface area contributed by atoms with Crippen molar-refractivity contribution < 1.29 is 14.3 Å². The Morgan fingerprint density at radius 3 is 2.50 bits per heavy atom. The van der Waals surface area contributed by atoms with Gasteiger partial charge in [0, 0.05) is 16.3 Å². The zero-order valence-electron chi connectivity index (χ0n) is 21.5. The third-order valence-electron chi connectivity index (χ3n) is 5.93. The minimum absolute atomic E-state index is 0.124. The number of methoxy groups -OCH3 is 1. The first-order valence-corrected chi connectivity index (χ1v) is 13.2. The van der Waals surface area contributed by atoms with E-state index >= 15 is 0 Å². The number of carbonyl (C=O) groups excluding carboxylic acids is 2. The molecule has 38 heavy (non-hydrogen) atoms. The maximum absolute atomic E-state index is 12.7. The fourth-order valence-electron chi connectivity index (χ4n) is 3.86. The van der Waals surface area contributed by atoms with Gasteiger partial charge in [0.2, 0.25) is 5.91 Å². The molecule has 0 radical (unpaired) electrons. The van der Waals surface area contributed by atoms with Crippen LogP contribution in [0.2, 0.25) is 5.02 Å². The molecule has 196 valence electrons. The van der Waals surface area contributed by atoms with E-state index in [2.05, 4.69) is 20.8 Å². The molecule has 0 aliphatic rings. The minimum atomic E-state index is -0.257. The lowest BCUT2D eigenvalue weighted by molar-refractivity contribution is -0.113. The summed E-state index contributed by atoms with van der Waals surface area (Å²) in [7, 11) is 1.57. The highest BCUT2D eigenvalue weighted by Crippen LogP contribution is 2.28. The van der Waals surface area contributed by atoms with Crippen LogP contribution < -0.4 is 15.4 Å². The Hall–Kier alpha value is -3.82. The van der Waals surface area contributed by atoms with Gasteiger partial charge in [-0.3, -0.25) is 14.2 Å². The van der Waals surface area contributed by atoms with Crippen molar-refractivity contribution in [2.24, 2.45) is 0 Å². The molecule has 0 saturated heterocycles. The van der Waals surface area contributed by atoms with Gasteiger partial charge in [0.1, 0.15) is 5.75 Å². The standard InChI is InChI=1S/C28H28ClN5O3S/c1-17-8-13-23(18(2)14-17)31-26(35)16-38-28-33-32-25(34(28)24-7-5-6-22(29)19(24)3)15-30-27(36)20-9-11-21(37-4)12-10-20/h5-14H,15-16H2,1-4H3,(H,30,36)(H,31,35). The molecule has 0 saturated carbocycles. The normalized spacial score (nSPS) is 10.8. The first kappa shape index (κ1) is 27.2. The summed E-state index contributed by atoms with van der Waals surface area (Å²) in [4.78, 5) is 25.5. The number of nitrogens with one attached hydrogen (secondary N) is 2. The topological polar surface area (TPSA) is 98.1 Å². The summed E-state index contributed by atoms with van der Waals surface area (Å²) in [6.07, 6.45) is 0. The molecule has 4 rings (SSSR count). The molecule has 4 aromatic rings. The molecule has 10 heteroatoms.